The summed E-state index contributed by atoms with van der Waals surface area (Å²) in [7, 11) is 0. The molecule has 28 heavy (non-hydrogen) atoms. The van der Waals surface area contributed by atoms with E-state index in [-0.39, 0.29) is 45.0 Å². The number of esters is 2. The first kappa shape index (κ1) is 26.1. The summed E-state index contributed by atoms with van der Waals surface area (Å²) in [6.45, 7) is 0.564. The lowest BCUT2D eigenvalue weighted by Gasteiger charge is -2.05. The van der Waals surface area contributed by atoms with E-state index in [1.54, 1.807) is 0 Å². The van der Waals surface area contributed by atoms with Crippen LogP contribution in [0.4, 0.5) is 0 Å². The minimum absolute atomic E-state index is 0.0283. The van der Waals surface area contributed by atoms with Gasteiger partial charge in [-0.15, -0.1) is 0 Å². The third-order valence-electron chi connectivity index (χ3n) is 3.75. The van der Waals surface area contributed by atoms with Crippen molar-refractivity contribution in [2.75, 3.05) is 33.0 Å². The van der Waals surface area contributed by atoms with Crippen molar-refractivity contribution in [1.82, 2.24) is 0 Å². The number of ether oxygens (including phenoxy) is 4. The lowest BCUT2D eigenvalue weighted by atomic mass is 10.1. The standard InChI is InChI=1S/C20H34O8/c21-11-13-25-15-17-27-19(23)9-7-5-3-1-2-4-6-8-10-20(24)28-18-16-26-14-12-22/h11,16,18,22H,1-10,12-15,17H2. The van der Waals surface area contributed by atoms with Gasteiger partial charge in [-0.3, -0.25) is 9.59 Å². The van der Waals surface area contributed by atoms with Crippen molar-refractivity contribution in [3.63, 3.8) is 0 Å². The highest BCUT2D eigenvalue weighted by atomic mass is 16.6. The van der Waals surface area contributed by atoms with Gasteiger partial charge in [-0.25, -0.2) is 0 Å². The largest absolute Gasteiger partial charge is 0.496 e. The Kier molecular flexibility index (Phi) is 19.9. The summed E-state index contributed by atoms with van der Waals surface area (Å²) in [5, 5.41) is 8.50. The Bertz CT molecular complexity index is 422. The van der Waals surface area contributed by atoms with Gasteiger partial charge in [0.25, 0.3) is 0 Å². The van der Waals surface area contributed by atoms with Crippen LogP contribution in [-0.4, -0.2) is 56.4 Å². The van der Waals surface area contributed by atoms with Crippen LogP contribution >= 0.6 is 0 Å². The van der Waals surface area contributed by atoms with Crippen LogP contribution in [0.5, 0.6) is 0 Å². The zero-order chi connectivity index (χ0) is 20.7. The molecule has 1 N–H and O–H groups in total. The average molecular weight is 402 g/mol. The van der Waals surface area contributed by atoms with E-state index in [2.05, 4.69) is 0 Å². The van der Waals surface area contributed by atoms with Gasteiger partial charge in [0.15, 0.2) is 0 Å². The maximum atomic E-state index is 11.4. The van der Waals surface area contributed by atoms with E-state index in [4.69, 9.17) is 24.1 Å². The van der Waals surface area contributed by atoms with E-state index in [9.17, 15) is 14.4 Å². The number of unbranched alkanes of at least 4 members (excludes halogenated alkanes) is 7. The Morgan fingerprint density at radius 2 is 1.36 bits per heavy atom. The molecule has 0 amide bonds. The molecular formula is C20H34O8. The first-order valence-corrected chi connectivity index (χ1v) is 9.94. The molecule has 0 heterocycles. The van der Waals surface area contributed by atoms with Crippen molar-refractivity contribution in [3.05, 3.63) is 12.5 Å². The molecule has 0 bridgehead atoms. The van der Waals surface area contributed by atoms with E-state index in [1.807, 2.05) is 0 Å². The van der Waals surface area contributed by atoms with Crippen molar-refractivity contribution in [2.24, 2.45) is 0 Å². The minimum Gasteiger partial charge on any atom is -0.496 e. The van der Waals surface area contributed by atoms with Gasteiger partial charge in [-0.2, -0.15) is 0 Å². The van der Waals surface area contributed by atoms with Gasteiger partial charge in [-0.05, 0) is 12.8 Å². The zero-order valence-corrected chi connectivity index (χ0v) is 16.6. The predicted molar refractivity (Wildman–Crippen MR) is 102 cm³/mol. The fraction of sp³-hybridized carbons (Fsp3) is 0.750. The summed E-state index contributed by atoms with van der Waals surface area (Å²) < 4.78 is 19.5. The third kappa shape index (κ3) is 20.4. The second-order valence-corrected chi connectivity index (χ2v) is 6.15. The van der Waals surface area contributed by atoms with Crippen LogP contribution in [0.2, 0.25) is 0 Å². The maximum absolute atomic E-state index is 11.4. The van der Waals surface area contributed by atoms with Crippen LogP contribution in [-0.2, 0) is 33.3 Å². The molecule has 0 aromatic carbocycles. The molecule has 0 rings (SSSR count). The summed E-state index contributed by atoms with van der Waals surface area (Å²) in [5.74, 6) is -0.512. The number of aldehydes is 1. The number of carbonyl (C=O) groups is 3. The highest BCUT2D eigenvalue weighted by Crippen LogP contribution is 2.11. The number of hydrogen-bond acceptors (Lipinski definition) is 8. The fourth-order valence-electron chi connectivity index (χ4n) is 2.34. The van der Waals surface area contributed by atoms with Gasteiger partial charge in [0, 0.05) is 12.8 Å². The summed E-state index contributed by atoms with van der Waals surface area (Å²) in [5.41, 5.74) is 0. The molecule has 0 spiro atoms. The normalized spacial score (nSPS) is 10.8. The van der Waals surface area contributed by atoms with Gasteiger partial charge in [0.05, 0.1) is 13.2 Å². The van der Waals surface area contributed by atoms with Crippen molar-refractivity contribution >= 4 is 18.2 Å². The van der Waals surface area contributed by atoms with Crippen LogP contribution in [0.25, 0.3) is 0 Å². The van der Waals surface area contributed by atoms with Gasteiger partial charge >= 0.3 is 11.9 Å². The minimum atomic E-state index is -0.286. The molecule has 0 radical (unpaired) electrons. The number of aliphatic hydroxyl groups excluding tert-OH is 1. The van der Waals surface area contributed by atoms with E-state index < -0.39 is 0 Å². The molecule has 0 saturated heterocycles. The number of aliphatic hydroxyl groups is 1. The van der Waals surface area contributed by atoms with Crippen LogP contribution in [0.3, 0.4) is 0 Å². The molecule has 0 atom stereocenters. The Morgan fingerprint density at radius 1 is 0.750 bits per heavy atom. The van der Waals surface area contributed by atoms with Gasteiger partial charge < -0.3 is 28.8 Å². The summed E-state index contributed by atoms with van der Waals surface area (Å²) in [6.07, 6.45) is 11.9. The lowest BCUT2D eigenvalue weighted by molar-refractivity contribution is -0.145. The number of carbonyl (C=O) groups excluding carboxylic acids is 3. The average Bonchev–Trinajstić information content (AvgIpc) is 2.69. The Labute approximate surface area is 167 Å². The SMILES string of the molecule is O=CCOCCOC(=O)CCCCCCCCCCC(=O)OC=COCCO. The van der Waals surface area contributed by atoms with Crippen molar-refractivity contribution in [2.45, 2.75) is 64.2 Å². The van der Waals surface area contributed by atoms with E-state index in [0.717, 1.165) is 51.4 Å². The van der Waals surface area contributed by atoms with E-state index in [1.165, 1.54) is 12.5 Å². The second-order valence-electron chi connectivity index (χ2n) is 6.15. The quantitative estimate of drug-likeness (QED) is 0.143. The molecule has 0 unspecified atom stereocenters. The zero-order valence-electron chi connectivity index (χ0n) is 16.6. The third-order valence-corrected chi connectivity index (χ3v) is 3.75. The van der Waals surface area contributed by atoms with Crippen LogP contribution in [0.1, 0.15) is 64.2 Å². The number of rotatable bonds is 20. The van der Waals surface area contributed by atoms with Gasteiger partial charge in [0.2, 0.25) is 0 Å². The molecule has 0 fully saturated rings. The molecule has 162 valence electrons. The molecule has 0 aliphatic rings. The van der Waals surface area contributed by atoms with Crippen LogP contribution in [0.15, 0.2) is 12.5 Å². The highest BCUT2D eigenvalue weighted by Gasteiger charge is 2.03. The predicted octanol–water partition coefficient (Wildman–Crippen LogP) is 2.67. The Morgan fingerprint density at radius 3 is 1.96 bits per heavy atom. The highest BCUT2D eigenvalue weighted by molar-refractivity contribution is 5.70. The molecule has 0 saturated carbocycles. The molecule has 0 aliphatic carbocycles. The van der Waals surface area contributed by atoms with E-state index in [0.29, 0.717) is 19.1 Å². The Hall–Kier alpha value is -1.93. The molecule has 0 aromatic rings. The first-order valence-electron chi connectivity index (χ1n) is 9.94. The number of hydrogen-bond donors (Lipinski definition) is 1. The first-order chi connectivity index (χ1) is 13.7. The van der Waals surface area contributed by atoms with Crippen LogP contribution in [0, 0.1) is 0 Å². The molecule has 8 nitrogen and oxygen atoms in total. The van der Waals surface area contributed by atoms with Crippen molar-refractivity contribution in [3.8, 4) is 0 Å². The topological polar surface area (TPSA) is 108 Å². The second kappa shape index (κ2) is 21.4. The Balaban J connectivity index is 3.28. The smallest absolute Gasteiger partial charge is 0.310 e. The van der Waals surface area contributed by atoms with Crippen molar-refractivity contribution < 1.29 is 38.4 Å². The molecule has 0 aliphatic heterocycles. The van der Waals surface area contributed by atoms with Gasteiger partial charge in [-0.1, -0.05) is 38.5 Å². The van der Waals surface area contributed by atoms with Crippen molar-refractivity contribution in [1.29, 1.82) is 0 Å². The summed E-state index contributed by atoms with van der Waals surface area (Å²) >= 11 is 0. The monoisotopic (exact) mass is 402 g/mol. The lowest BCUT2D eigenvalue weighted by Crippen LogP contribution is -2.11. The van der Waals surface area contributed by atoms with E-state index >= 15 is 0 Å². The summed E-state index contributed by atoms with van der Waals surface area (Å²) in [4.78, 5) is 32.9. The fourth-order valence-corrected chi connectivity index (χ4v) is 2.34. The summed E-state index contributed by atoms with van der Waals surface area (Å²) in [6, 6.07) is 0. The molecular weight excluding hydrogens is 368 g/mol. The van der Waals surface area contributed by atoms with Gasteiger partial charge in [0.1, 0.15) is 38.6 Å². The molecule has 8 heteroatoms. The molecule has 0 aromatic heterocycles. The van der Waals surface area contributed by atoms with Crippen LogP contribution < -0.4 is 0 Å². The maximum Gasteiger partial charge on any atom is 0.310 e.